The monoisotopic (exact) mass is 160 g/mol. The summed E-state index contributed by atoms with van der Waals surface area (Å²) < 4.78 is 13.1. The van der Waals surface area contributed by atoms with Gasteiger partial charge in [-0.2, -0.15) is 0 Å². The van der Waals surface area contributed by atoms with Crippen molar-refractivity contribution in [3.63, 3.8) is 0 Å². The highest BCUT2D eigenvalue weighted by atomic mass is 19.1. The molecule has 0 spiro atoms. The van der Waals surface area contributed by atoms with Crippen LogP contribution in [-0.2, 0) is 0 Å². The van der Waals surface area contributed by atoms with E-state index in [4.69, 9.17) is 5.73 Å². The van der Waals surface area contributed by atoms with E-state index in [0.717, 1.165) is 13.0 Å². The van der Waals surface area contributed by atoms with E-state index < -0.39 is 5.67 Å². The first-order valence-electron chi connectivity index (χ1n) is 4.16. The molecule has 1 rings (SSSR count). The van der Waals surface area contributed by atoms with E-state index in [0.29, 0.717) is 19.1 Å². The third-order valence-electron chi connectivity index (χ3n) is 2.12. The molecular formula is C8H17FN2. The Kier molecular flexibility index (Phi) is 2.50. The van der Waals surface area contributed by atoms with Gasteiger partial charge in [-0.05, 0) is 20.3 Å². The van der Waals surface area contributed by atoms with Gasteiger partial charge in [0, 0.05) is 25.7 Å². The number of nitrogens with two attached hydrogens (primary N) is 1. The summed E-state index contributed by atoms with van der Waals surface area (Å²) in [6.07, 6.45) is 1.13. The largest absolute Gasteiger partial charge is 0.329 e. The van der Waals surface area contributed by atoms with Crippen molar-refractivity contribution in [2.45, 2.75) is 32.0 Å². The van der Waals surface area contributed by atoms with Crippen molar-refractivity contribution in [2.24, 2.45) is 5.73 Å². The Morgan fingerprint density at radius 3 is 2.55 bits per heavy atom. The molecule has 0 bridgehead atoms. The minimum atomic E-state index is -1.08. The van der Waals surface area contributed by atoms with Gasteiger partial charge in [-0.25, -0.2) is 4.39 Å². The Balaban J connectivity index is 2.27. The predicted molar refractivity (Wildman–Crippen MR) is 44.2 cm³/mol. The van der Waals surface area contributed by atoms with Gasteiger partial charge in [-0.1, -0.05) is 0 Å². The summed E-state index contributed by atoms with van der Waals surface area (Å²) in [6, 6.07) is 0.435. The average molecular weight is 160 g/mol. The second kappa shape index (κ2) is 3.07. The zero-order chi connectivity index (χ0) is 8.48. The molecule has 0 aromatic carbocycles. The molecule has 1 saturated heterocycles. The van der Waals surface area contributed by atoms with Gasteiger partial charge in [0.2, 0.25) is 0 Å². The van der Waals surface area contributed by atoms with E-state index in [9.17, 15) is 4.39 Å². The Morgan fingerprint density at radius 1 is 1.64 bits per heavy atom. The smallest absolute Gasteiger partial charge is 0.118 e. The number of likely N-dealkylation sites (tertiary alicyclic amines) is 1. The van der Waals surface area contributed by atoms with Crippen molar-refractivity contribution in [3.05, 3.63) is 0 Å². The second-order valence-corrected chi connectivity index (χ2v) is 3.87. The quantitative estimate of drug-likeness (QED) is 0.660. The minimum Gasteiger partial charge on any atom is -0.329 e. The van der Waals surface area contributed by atoms with Crippen LogP contribution in [0.2, 0.25) is 0 Å². The van der Waals surface area contributed by atoms with Crippen LogP contribution in [0.5, 0.6) is 0 Å². The van der Waals surface area contributed by atoms with E-state index in [1.807, 2.05) is 0 Å². The van der Waals surface area contributed by atoms with Crippen LogP contribution in [0.1, 0.15) is 20.3 Å². The van der Waals surface area contributed by atoms with E-state index in [2.05, 4.69) is 4.90 Å². The third-order valence-corrected chi connectivity index (χ3v) is 2.12. The molecule has 0 amide bonds. The Hall–Kier alpha value is -0.150. The van der Waals surface area contributed by atoms with Crippen LogP contribution in [0.15, 0.2) is 0 Å². The van der Waals surface area contributed by atoms with E-state index >= 15 is 0 Å². The molecule has 2 N–H and O–H groups in total. The first-order chi connectivity index (χ1) is 5.03. The van der Waals surface area contributed by atoms with Crippen LogP contribution in [0.3, 0.4) is 0 Å². The Morgan fingerprint density at radius 2 is 2.27 bits per heavy atom. The molecular weight excluding hydrogens is 143 g/mol. The van der Waals surface area contributed by atoms with Gasteiger partial charge in [-0.15, -0.1) is 0 Å². The van der Waals surface area contributed by atoms with Crippen molar-refractivity contribution in [1.29, 1.82) is 0 Å². The molecule has 11 heavy (non-hydrogen) atoms. The summed E-state index contributed by atoms with van der Waals surface area (Å²) in [5, 5.41) is 0. The molecule has 0 aliphatic carbocycles. The van der Waals surface area contributed by atoms with Crippen LogP contribution >= 0.6 is 0 Å². The van der Waals surface area contributed by atoms with Gasteiger partial charge in [0.25, 0.3) is 0 Å². The maximum Gasteiger partial charge on any atom is 0.118 e. The lowest BCUT2D eigenvalue weighted by molar-refractivity contribution is 0.0352. The predicted octanol–water partition coefficient (Wildman–Crippen LogP) is 0.768. The van der Waals surface area contributed by atoms with Crippen LogP contribution < -0.4 is 5.73 Å². The number of hydrogen-bond acceptors (Lipinski definition) is 2. The summed E-state index contributed by atoms with van der Waals surface area (Å²) in [5.74, 6) is 0. The normalized spacial score (nSPS) is 26.7. The molecule has 2 nitrogen and oxygen atoms in total. The highest BCUT2D eigenvalue weighted by molar-refractivity contribution is 4.87. The zero-order valence-electron chi connectivity index (χ0n) is 7.31. The van der Waals surface area contributed by atoms with Crippen LogP contribution in [0.25, 0.3) is 0 Å². The molecule has 1 aliphatic heterocycles. The zero-order valence-corrected chi connectivity index (χ0v) is 7.31. The lowest BCUT2D eigenvalue weighted by Gasteiger charge is -2.42. The fourth-order valence-electron chi connectivity index (χ4n) is 1.45. The van der Waals surface area contributed by atoms with Gasteiger partial charge < -0.3 is 5.73 Å². The second-order valence-electron chi connectivity index (χ2n) is 3.87. The van der Waals surface area contributed by atoms with Crippen molar-refractivity contribution < 1.29 is 4.39 Å². The fraction of sp³-hybridized carbons (Fsp3) is 1.00. The minimum absolute atomic E-state index is 0.435. The highest BCUT2D eigenvalue weighted by Gasteiger charge is 2.31. The molecule has 1 unspecified atom stereocenters. The SMILES string of the molecule is CC(C)(F)CN1CCC1CN. The number of nitrogens with zero attached hydrogens (tertiary/aromatic N) is 1. The summed E-state index contributed by atoms with van der Waals surface area (Å²) in [6.45, 7) is 5.41. The Labute approximate surface area is 67.6 Å². The molecule has 0 aromatic rings. The maximum absolute atomic E-state index is 13.1. The average Bonchev–Trinajstić information content (AvgIpc) is 1.80. The van der Waals surface area contributed by atoms with Gasteiger partial charge in [0.1, 0.15) is 5.67 Å². The molecule has 1 aliphatic rings. The lowest BCUT2D eigenvalue weighted by atomic mass is 10.0. The molecule has 0 saturated carbocycles. The number of rotatable bonds is 3. The fourth-order valence-corrected chi connectivity index (χ4v) is 1.45. The van der Waals surface area contributed by atoms with Crippen LogP contribution in [0, 0.1) is 0 Å². The van der Waals surface area contributed by atoms with Gasteiger partial charge in [0.15, 0.2) is 0 Å². The highest BCUT2D eigenvalue weighted by Crippen LogP contribution is 2.20. The van der Waals surface area contributed by atoms with Crippen molar-refractivity contribution >= 4 is 0 Å². The summed E-state index contributed by atoms with van der Waals surface area (Å²) in [5.41, 5.74) is 4.40. The summed E-state index contributed by atoms with van der Waals surface area (Å²) in [4.78, 5) is 2.11. The standard InChI is InChI=1S/C8H17FN2/c1-8(2,9)6-11-4-3-7(11)5-10/h7H,3-6,10H2,1-2H3. The molecule has 3 heteroatoms. The first kappa shape index (κ1) is 8.94. The van der Waals surface area contributed by atoms with Crippen molar-refractivity contribution in [2.75, 3.05) is 19.6 Å². The first-order valence-corrected chi connectivity index (χ1v) is 4.16. The van der Waals surface area contributed by atoms with E-state index in [1.54, 1.807) is 13.8 Å². The molecule has 66 valence electrons. The topological polar surface area (TPSA) is 29.3 Å². The van der Waals surface area contributed by atoms with Gasteiger partial charge in [-0.3, -0.25) is 4.90 Å². The third kappa shape index (κ3) is 2.42. The van der Waals surface area contributed by atoms with Crippen molar-refractivity contribution in [3.8, 4) is 0 Å². The van der Waals surface area contributed by atoms with Crippen LogP contribution in [0.4, 0.5) is 4.39 Å². The number of alkyl halides is 1. The number of halogens is 1. The molecule has 0 aromatic heterocycles. The van der Waals surface area contributed by atoms with Crippen molar-refractivity contribution in [1.82, 2.24) is 4.90 Å². The summed E-state index contributed by atoms with van der Waals surface area (Å²) >= 11 is 0. The Bertz CT molecular complexity index is 129. The van der Waals surface area contributed by atoms with Crippen LogP contribution in [-0.4, -0.2) is 36.2 Å². The lowest BCUT2D eigenvalue weighted by Crippen LogP contribution is -2.55. The molecule has 1 atom stereocenters. The van der Waals surface area contributed by atoms with Gasteiger partial charge >= 0.3 is 0 Å². The maximum atomic E-state index is 13.1. The van der Waals surface area contributed by atoms with E-state index in [1.165, 1.54) is 0 Å². The number of hydrogen-bond donors (Lipinski definition) is 1. The molecule has 1 fully saturated rings. The van der Waals surface area contributed by atoms with E-state index in [-0.39, 0.29) is 0 Å². The molecule has 1 heterocycles. The van der Waals surface area contributed by atoms with Gasteiger partial charge in [0.05, 0.1) is 0 Å². The summed E-state index contributed by atoms with van der Waals surface area (Å²) in [7, 11) is 0. The molecule has 0 radical (unpaired) electrons.